The summed E-state index contributed by atoms with van der Waals surface area (Å²) in [5.41, 5.74) is 0. The molecule has 0 spiro atoms. The Labute approximate surface area is 110 Å². The SMILES string of the molecule is CCCC1CCC(C(=O)CCC(=O)OCC)CC1. The Bertz CT molecular complexity index is 265. The Morgan fingerprint density at radius 2 is 1.72 bits per heavy atom. The fourth-order valence-corrected chi connectivity index (χ4v) is 2.84. The third-order valence-corrected chi connectivity index (χ3v) is 3.88. The summed E-state index contributed by atoms with van der Waals surface area (Å²) in [5.74, 6) is 1.04. The van der Waals surface area contributed by atoms with E-state index < -0.39 is 0 Å². The molecule has 0 aliphatic heterocycles. The number of Topliss-reactive ketones (excluding diaryl/α,β-unsaturated/α-hetero) is 1. The van der Waals surface area contributed by atoms with Crippen LogP contribution in [-0.4, -0.2) is 18.4 Å². The molecule has 1 saturated carbocycles. The molecule has 3 nitrogen and oxygen atoms in total. The van der Waals surface area contributed by atoms with Crippen LogP contribution in [0.5, 0.6) is 0 Å². The number of esters is 1. The van der Waals surface area contributed by atoms with Crippen molar-refractivity contribution in [3.63, 3.8) is 0 Å². The van der Waals surface area contributed by atoms with Gasteiger partial charge in [-0.1, -0.05) is 19.8 Å². The highest BCUT2D eigenvalue weighted by molar-refractivity contribution is 5.84. The molecule has 1 fully saturated rings. The van der Waals surface area contributed by atoms with Gasteiger partial charge in [0.1, 0.15) is 5.78 Å². The van der Waals surface area contributed by atoms with E-state index in [2.05, 4.69) is 6.92 Å². The summed E-state index contributed by atoms with van der Waals surface area (Å²) in [4.78, 5) is 23.2. The van der Waals surface area contributed by atoms with Crippen molar-refractivity contribution in [1.82, 2.24) is 0 Å². The minimum Gasteiger partial charge on any atom is -0.466 e. The fourth-order valence-electron chi connectivity index (χ4n) is 2.84. The number of hydrogen-bond donors (Lipinski definition) is 0. The van der Waals surface area contributed by atoms with Gasteiger partial charge in [0, 0.05) is 12.3 Å². The number of ether oxygens (including phenoxy) is 1. The van der Waals surface area contributed by atoms with Gasteiger partial charge in [0.25, 0.3) is 0 Å². The molecule has 0 aromatic rings. The number of carbonyl (C=O) groups is 2. The molecule has 1 aliphatic rings. The van der Waals surface area contributed by atoms with E-state index in [4.69, 9.17) is 4.74 Å². The van der Waals surface area contributed by atoms with Crippen LogP contribution in [0.25, 0.3) is 0 Å². The van der Waals surface area contributed by atoms with Gasteiger partial charge in [-0.3, -0.25) is 9.59 Å². The lowest BCUT2D eigenvalue weighted by molar-refractivity contribution is -0.144. The van der Waals surface area contributed by atoms with E-state index in [1.807, 2.05) is 0 Å². The van der Waals surface area contributed by atoms with Crippen molar-refractivity contribution in [2.75, 3.05) is 6.61 Å². The average molecular weight is 254 g/mol. The van der Waals surface area contributed by atoms with E-state index in [-0.39, 0.29) is 24.1 Å². The predicted octanol–water partition coefficient (Wildman–Crippen LogP) is 3.51. The van der Waals surface area contributed by atoms with Gasteiger partial charge < -0.3 is 4.74 Å². The molecule has 0 aromatic heterocycles. The maximum absolute atomic E-state index is 12.0. The van der Waals surface area contributed by atoms with Crippen molar-refractivity contribution in [3.8, 4) is 0 Å². The predicted molar refractivity (Wildman–Crippen MR) is 71.2 cm³/mol. The molecular formula is C15H26O3. The van der Waals surface area contributed by atoms with Crippen LogP contribution in [0.1, 0.15) is 65.2 Å². The Morgan fingerprint density at radius 1 is 1.06 bits per heavy atom. The van der Waals surface area contributed by atoms with Crippen molar-refractivity contribution in [1.29, 1.82) is 0 Å². The zero-order chi connectivity index (χ0) is 13.4. The zero-order valence-corrected chi connectivity index (χ0v) is 11.7. The summed E-state index contributed by atoms with van der Waals surface area (Å²) in [6.45, 7) is 4.40. The van der Waals surface area contributed by atoms with Gasteiger partial charge in [0.15, 0.2) is 0 Å². The van der Waals surface area contributed by atoms with Crippen molar-refractivity contribution >= 4 is 11.8 Å². The van der Waals surface area contributed by atoms with E-state index >= 15 is 0 Å². The first-order valence-electron chi connectivity index (χ1n) is 7.35. The maximum atomic E-state index is 12.0. The second-order valence-corrected chi connectivity index (χ2v) is 5.28. The van der Waals surface area contributed by atoms with Crippen LogP contribution in [0.4, 0.5) is 0 Å². The molecule has 0 radical (unpaired) electrons. The lowest BCUT2D eigenvalue weighted by Gasteiger charge is -2.27. The number of hydrogen-bond acceptors (Lipinski definition) is 3. The van der Waals surface area contributed by atoms with Crippen LogP contribution in [-0.2, 0) is 14.3 Å². The molecule has 0 heterocycles. The van der Waals surface area contributed by atoms with Crippen molar-refractivity contribution in [2.24, 2.45) is 11.8 Å². The Balaban J connectivity index is 2.21. The number of carbonyl (C=O) groups excluding carboxylic acids is 2. The molecule has 0 N–H and O–H groups in total. The first-order chi connectivity index (χ1) is 8.67. The summed E-state index contributed by atoms with van der Waals surface area (Å²) < 4.78 is 4.84. The van der Waals surface area contributed by atoms with Crippen molar-refractivity contribution in [2.45, 2.75) is 65.2 Å². The van der Waals surface area contributed by atoms with E-state index in [1.165, 1.54) is 25.7 Å². The molecule has 18 heavy (non-hydrogen) atoms. The summed E-state index contributed by atoms with van der Waals surface area (Å²) in [5, 5.41) is 0. The monoisotopic (exact) mass is 254 g/mol. The summed E-state index contributed by atoms with van der Waals surface area (Å²) in [6, 6.07) is 0. The van der Waals surface area contributed by atoms with Crippen LogP contribution in [0.2, 0.25) is 0 Å². The third kappa shape index (κ3) is 5.19. The van der Waals surface area contributed by atoms with Crippen LogP contribution < -0.4 is 0 Å². The van der Waals surface area contributed by atoms with Gasteiger partial charge in [0.05, 0.1) is 13.0 Å². The summed E-state index contributed by atoms with van der Waals surface area (Å²) >= 11 is 0. The minimum absolute atomic E-state index is 0.201. The molecule has 0 unspecified atom stereocenters. The fraction of sp³-hybridized carbons (Fsp3) is 0.867. The molecule has 0 saturated heterocycles. The second-order valence-electron chi connectivity index (χ2n) is 5.28. The van der Waals surface area contributed by atoms with Crippen LogP contribution >= 0.6 is 0 Å². The normalized spacial score (nSPS) is 23.7. The van der Waals surface area contributed by atoms with E-state index in [0.717, 1.165) is 18.8 Å². The van der Waals surface area contributed by atoms with Crippen molar-refractivity contribution < 1.29 is 14.3 Å². The van der Waals surface area contributed by atoms with Gasteiger partial charge in [-0.25, -0.2) is 0 Å². The lowest BCUT2D eigenvalue weighted by Crippen LogP contribution is -2.22. The zero-order valence-electron chi connectivity index (χ0n) is 11.7. The molecule has 104 valence electrons. The van der Waals surface area contributed by atoms with Crippen LogP contribution in [0.3, 0.4) is 0 Å². The Kier molecular flexibility index (Phi) is 6.99. The summed E-state index contributed by atoms with van der Waals surface area (Å²) in [6.07, 6.45) is 7.56. The van der Waals surface area contributed by atoms with Gasteiger partial charge >= 0.3 is 5.97 Å². The van der Waals surface area contributed by atoms with E-state index in [9.17, 15) is 9.59 Å². The Hall–Kier alpha value is -0.860. The Morgan fingerprint density at radius 3 is 2.28 bits per heavy atom. The second kappa shape index (κ2) is 8.28. The highest BCUT2D eigenvalue weighted by atomic mass is 16.5. The third-order valence-electron chi connectivity index (χ3n) is 3.88. The molecule has 0 atom stereocenters. The highest BCUT2D eigenvalue weighted by Crippen LogP contribution is 2.32. The first kappa shape index (κ1) is 15.2. The smallest absolute Gasteiger partial charge is 0.306 e. The standard InChI is InChI=1S/C15H26O3/c1-3-5-12-6-8-13(9-7-12)14(16)10-11-15(17)18-4-2/h12-13H,3-11H2,1-2H3. The van der Waals surface area contributed by atoms with Gasteiger partial charge in [-0.2, -0.15) is 0 Å². The molecule has 1 aliphatic carbocycles. The highest BCUT2D eigenvalue weighted by Gasteiger charge is 2.25. The molecule has 0 bridgehead atoms. The van der Waals surface area contributed by atoms with Crippen molar-refractivity contribution in [3.05, 3.63) is 0 Å². The lowest BCUT2D eigenvalue weighted by atomic mass is 9.78. The molecule has 3 heteroatoms. The molecule has 1 rings (SSSR count). The van der Waals surface area contributed by atoms with E-state index in [1.54, 1.807) is 6.92 Å². The number of rotatable bonds is 7. The molecule has 0 aromatic carbocycles. The molecule has 0 amide bonds. The first-order valence-corrected chi connectivity index (χ1v) is 7.35. The van der Waals surface area contributed by atoms with Gasteiger partial charge in [-0.05, 0) is 38.5 Å². The van der Waals surface area contributed by atoms with Gasteiger partial charge in [0.2, 0.25) is 0 Å². The van der Waals surface area contributed by atoms with E-state index in [0.29, 0.717) is 13.0 Å². The molecular weight excluding hydrogens is 228 g/mol. The number of ketones is 1. The van der Waals surface area contributed by atoms with Crippen LogP contribution in [0.15, 0.2) is 0 Å². The minimum atomic E-state index is -0.245. The van der Waals surface area contributed by atoms with Gasteiger partial charge in [-0.15, -0.1) is 0 Å². The topological polar surface area (TPSA) is 43.4 Å². The quantitative estimate of drug-likeness (QED) is 0.653. The summed E-state index contributed by atoms with van der Waals surface area (Å²) in [7, 11) is 0. The average Bonchev–Trinajstić information content (AvgIpc) is 2.37. The van der Waals surface area contributed by atoms with Crippen LogP contribution in [0, 0.1) is 11.8 Å². The largest absolute Gasteiger partial charge is 0.466 e. The maximum Gasteiger partial charge on any atom is 0.306 e.